The lowest BCUT2D eigenvalue weighted by Gasteiger charge is -2.09. The van der Waals surface area contributed by atoms with Gasteiger partial charge in [-0.25, -0.2) is 9.78 Å². The minimum absolute atomic E-state index is 0.353. The van der Waals surface area contributed by atoms with Gasteiger partial charge in [-0.05, 0) is 42.5 Å². The summed E-state index contributed by atoms with van der Waals surface area (Å²) in [5.74, 6) is -0.464. The monoisotopic (exact) mass is 346 g/mol. The van der Waals surface area contributed by atoms with E-state index in [0.29, 0.717) is 38.1 Å². The molecule has 0 aliphatic carbocycles. The molecule has 0 spiro atoms. The van der Waals surface area contributed by atoms with Crippen molar-refractivity contribution in [2.24, 2.45) is 0 Å². The van der Waals surface area contributed by atoms with Crippen LogP contribution in [0.4, 0.5) is 5.69 Å². The summed E-state index contributed by atoms with van der Waals surface area (Å²) in [7, 11) is 1.32. The Morgan fingerprint density at radius 3 is 2.65 bits per heavy atom. The molecule has 116 valence electrons. The molecule has 3 rings (SSSR count). The lowest BCUT2D eigenvalue weighted by Crippen LogP contribution is -2.03. The molecule has 0 radical (unpaired) electrons. The van der Waals surface area contributed by atoms with E-state index in [0.717, 1.165) is 5.39 Å². The highest BCUT2D eigenvalue weighted by Crippen LogP contribution is 2.31. The van der Waals surface area contributed by atoms with Crippen molar-refractivity contribution in [3.05, 3.63) is 58.1 Å². The number of fused-ring (bicyclic) bond motifs is 1. The first-order chi connectivity index (χ1) is 11.0. The van der Waals surface area contributed by atoms with Crippen LogP contribution in [0.15, 0.2) is 42.5 Å². The molecular formula is C17H12Cl2N2O2. The quantitative estimate of drug-likeness (QED) is 0.544. The van der Waals surface area contributed by atoms with Gasteiger partial charge >= 0.3 is 5.97 Å². The van der Waals surface area contributed by atoms with Gasteiger partial charge in [0.2, 0.25) is 0 Å². The summed E-state index contributed by atoms with van der Waals surface area (Å²) < 4.78 is 4.73. The number of nitrogen functional groups attached to an aromatic ring is 1. The third kappa shape index (κ3) is 3.09. The maximum Gasteiger partial charge on any atom is 0.337 e. The number of aromatic nitrogens is 1. The second-order valence-corrected chi connectivity index (χ2v) is 5.83. The molecule has 1 heterocycles. The lowest BCUT2D eigenvalue weighted by molar-refractivity contribution is 0.0601. The first-order valence-electron chi connectivity index (χ1n) is 6.73. The Balaban J connectivity index is 2.20. The Hall–Kier alpha value is -2.30. The van der Waals surface area contributed by atoms with Crippen molar-refractivity contribution in [2.45, 2.75) is 0 Å². The van der Waals surface area contributed by atoms with Gasteiger partial charge in [-0.2, -0.15) is 0 Å². The summed E-state index contributed by atoms with van der Waals surface area (Å²) in [6.45, 7) is 0. The van der Waals surface area contributed by atoms with Gasteiger partial charge in [0.05, 0.1) is 28.9 Å². The van der Waals surface area contributed by atoms with E-state index in [2.05, 4.69) is 4.98 Å². The van der Waals surface area contributed by atoms with E-state index in [1.54, 1.807) is 36.4 Å². The van der Waals surface area contributed by atoms with Gasteiger partial charge in [-0.3, -0.25) is 0 Å². The van der Waals surface area contributed by atoms with Gasteiger partial charge < -0.3 is 10.5 Å². The van der Waals surface area contributed by atoms with Crippen LogP contribution in [0.1, 0.15) is 10.4 Å². The number of anilines is 1. The zero-order valence-corrected chi connectivity index (χ0v) is 13.7. The largest absolute Gasteiger partial charge is 0.465 e. The Bertz CT molecular complexity index is 926. The molecule has 0 aliphatic rings. The number of esters is 1. The van der Waals surface area contributed by atoms with E-state index in [1.807, 2.05) is 6.07 Å². The lowest BCUT2D eigenvalue weighted by atomic mass is 10.0. The summed E-state index contributed by atoms with van der Waals surface area (Å²) in [6, 6.07) is 12.0. The number of nitrogens with two attached hydrogens (primary N) is 1. The fourth-order valence-corrected chi connectivity index (χ4v) is 2.77. The molecule has 0 saturated carbocycles. The molecule has 0 fully saturated rings. The first kappa shape index (κ1) is 15.6. The van der Waals surface area contributed by atoms with E-state index in [4.69, 9.17) is 33.7 Å². The van der Waals surface area contributed by atoms with Crippen molar-refractivity contribution < 1.29 is 9.53 Å². The van der Waals surface area contributed by atoms with Crippen LogP contribution in [0.5, 0.6) is 0 Å². The summed E-state index contributed by atoms with van der Waals surface area (Å²) >= 11 is 12.3. The predicted molar refractivity (Wildman–Crippen MR) is 93.0 cm³/mol. The number of nitrogens with zero attached hydrogens (tertiary/aromatic N) is 1. The number of pyridine rings is 1. The Labute approximate surface area is 142 Å². The molecule has 0 bridgehead atoms. The van der Waals surface area contributed by atoms with Crippen LogP contribution in [0, 0.1) is 0 Å². The van der Waals surface area contributed by atoms with E-state index >= 15 is 0 Å². The van der Waals surface area contributed by atoms with Crippen LogP contribution in [0.3, 0.4) is 0 Å². The van der Waals surface area contributed by atoms with Crippen molar-refractivity contribution in [1.82, 2.24) is 4.98 Å². The van der Waals surface area contributed by atoms with Crippen molar-refractivity contribution in [3.63, 3.8) is 0 Å². The number of hydrogen-bond acceptors (Lipinski definition) is 4. The third-order valence-electron chi connectivity index (χ3n) is 3.39. The standard InChI is InChI=1S/C17H12Cl2N2O2/c1-23-17(22)10-4-9(5-12(20)6-10)15-8-14(19)13-3-2-11(18)7-16(13)21-15/h2-8H,20H2,1H3. The number of rotatable bonds is 2. The molecule has 0 atom stereocenters. The molecule has 23 heavy (non-hydrogen) atoms. The second-order valence-electron chi connectivity index (χ2n) is 4.99. The van der Waals surface area contributed by atoms with Crippen LogP contribution in [0.25, 0.3) is 22.2 Å². The topological polar surface area (TPSA) is 65.2 Å². The fraction of sp³-hybridized carbons (Fsp3) is 0.0588. The van der Waals surface area contributed by atoms with Crippen LogP contribution < -0.4 is 5.73 Å². The molecule has 4 nitrogen and oxygen atoms in total. The molecule has 0 unspecified atom stereocenters. The van der Waals surface area contributed by atoms with Gasteiger partial charge in [0.25, 0.3) is 0 Å². The van der Waals surface area contributed by atoms with Gasteiger partial charge in [0.15, 0.2) is 0 Å². The normalized spacial score (nSPS) is 10.7. The Morgan fingerprint density at radius 2 is 1.91 bits per heavy atom. The number of halogens is 2. The number of methoxy groups -OCH3 is 1. The average Bonchev–Trinajstić information content (AvgIpc) is 2.52. The van der Waals surface area contributed by atoms with Crippen molar-refractivity contribution in [3.8, 4) is 11.3 Å². The van der Waals surface area contributed by atoms with Gasteiger partial charge in [0, 0.05) is 21.7 Å². The van der Waals surface area contributed by atoms with Crippen LogP contribution >= 0.6 is 23.2 Å². The van der Waals surface area contributed by atoms with Crippen molar-refractivity contribution in [2.75, 3.05) is 12.8 Å². The molecule has 0 amide bonds. The average molecular weight is 347 g/mol. The van der Waals surface area contributed by atoms with E-state index in [9.17, 15) is 4.79 Å². The zero-order chi connectivity index (χ0) is 16.6. The minimum Gasteiger partial charge on any atom is -0.465 e. The highest BCUT2D eigenvalue weighted by Gasteiger charge is 2.12. The number of ether oxygens (including phenoxy) is 1. The highest BCUT2D eigenvalue weighted by molar-refractivity contribution is 6.36. The van der Waals surface area contributed by atoms with Crippen LogP contribution in [-0.4, -0.2) is 18.1 Å². The maximum atomic E-state index is 11.7. The molecule has 2 N–H and O–H groups in total. The van der Waals surface area contributed by atoms with E-state index in [-0.39, 0.29) is 0 Å². The highest BCUT2D eigenvalue weighted by atomic mass is 35.5. The molecule has 0 saturated heterocycles. The van der Waals surface area contributed by atoms with Crippen LogP contribution in [-0.2, 0) is 4.74 Å². The van der Waals surface area contributed by atoms with Gasteiger partial charge in [-0.1, -0.05) is 23.2 Å². The summed E-state index contributed by atoms with van der Waals surface area (Å²) in [4.78, 5) is 16.3. The molecule has 2 aromatic carbocycles. The summed E-state index contributed by atoms with van der Waals surface area (Å²) in [5.41, 5.74) is 8.61. The number of carbonyl (C=O) groups is 1. The van der Waals surface area contributed by atoms with E-state index < -0.39 is 5.97 Å². The molecule has 0 aliphatic heterocycles. The smallest absolute Gasteiger partial charge is 0.337 e. The number of benzene rings is 2. The SMILES string of the molecule is COC(=O)c1cc(N)cc(-c2cc(Cl)c3ccc(Cl)cc3n2)c1. The van der Waals surface area contributed by atoms with Crippen molar-refractivity contribution in [1.29, 1.82) is 0 Å². The second kappa shape index (κ2) is 6.07. The fourth-order valence-electron chi connectivity index (χ4n) is 2.34. The maximum absolute atomic E-state index is 11.7. The number of hydrogen-bond donors (Lipinski definition) is 1. The Morgan fingerprint density at radius 1 is 1.13 bits per heavy atom. The van der Waals surface area contributed by atoms with E-state index in [1.165, 1.54) is 7.11 Å². The molecule has 3 aromatic rings. The van der Waals surface area contributed by atoms with Gasteiger partial charge in [-0.15, -0.1) is 0 Å². The zero-order valence-electron chi connectivity index (χ0n) is 12.1. The molecular weight excluding hydrogens is 335 g/mol. The van der Waals surface area contributed by atoms with Gasteiger partial charge in [0.1, 0.15) is 0 Å². The third-order valence-corrected chi connectivity index (χ3v) is 3.94. The molecule has 6 heteroatoms. The summed E-state index contributed by atoms with van der Waals surface area (Å²) in [5, 5.41) is 1.92. The number of carbonyl (C=O) groups excluding carboxylic acids is 1. The predicted octanol–water partition coefficient (Wildman–Crippen LogP) is 4.58. The molecule has 1 aromatic heterocycles. The minimum atomic E-state index is -0.464. The summed E-state index contributed by atoms with van der Waals surface area (Å²) in [6.07, 6.45) is 0. The first-order valence-corrected chi connectivity index (χ1v) is 7.48. The Kier molecular flexibility index (Phi) is 4.11. The van der Waals surface area contributed by atoms with Crippen molar-refractivity contribution >= 4 is 45.8 Å². The van der Waals surface area contributed by atoms with Crippen LogP contribution in [0.2, 0.25) is 10.0 Å².